The number of carboxylic acid groups (broad SMARTS) is 1. The van der Waals surface area contributed by atoms with Crippen LogP contribution in [0.15, 0.2) is 71.1 Å². The van der Waals surface area contributed by atoms with Gasteiger partial charge in [-0.1, -0.05) is 35.9 Å². The molecule has 8 heteroatoms. The number of benzene rings is 3. The average molecular weight is 423 g/mol. The number of carbonyl (C=O) groups is 2. The fourth-order valence-corrected chi connectivity index (χ4v) is 3.09. The number of para-hydroxylation sites is 2. The van der Waals surface area contributed by atoms with Crippen LogP contribution in [0.1, 0.15) is 10.4 Å². The van der Waals surface area contributed by atoms with Gasteiger partial charge >= 0.3 is 5.97 Å². The number of halogens is 1. The summed E-state index contributed by atoms with van der Waals surface area (Å²) < 4.78 is 11.2. The Morgan fingerprint density at radius 1 is 1.07 bits per heavy atom. The normalized spacial score (nSPS) is 10.7. The number of carbonyl (C=O) groups excluding carboxylic acids is 1. The zero-order valence-electron chi connectivity index (χ0n) is 15.5. The number of anilines is 1. The molecule has 2 N–H and O–H groups in total. The average Bonchev–Trinajstić information content (AvgIpc) is 3.17. The van der Waals surface area contributed by atoms with Crippen molar-refractivity contribution >= 4 is 40.3 Å². The minimum absolute atomic E-state index is 0.241. The topological polar surface area (TPSA) is 102 Å². The number of aliphatic carboxylic acids is 1. The molecular weight excluding hydrogens is 408 g/mol. The number of fused-ring (bicyclic) bond motifs is 1. The molecule has 0 spiro atoms. The molecule has 3 aromatic carbocycles. The van der Waals surface area contributed by atoms with Crippen molar-refractivity contribution in [3.63, 3.8) is 0 Å². The summed E-state index contributed by atoms with van der Waals surface area (Å²) in [5.41, 5.74) is 2.39. The maximum absolute atomic E-state index is 12.6. The van der Waals surface area contributed by atoms with E-state index in [0.717, 1.165) is 0 Å². The standard InChI is InChI=1S/C22H15ClN2O5/c23-16-6-2-1-5-14(16)21(28)24-13-9-10-18(29-12-20(26)27)15(11-13)22-25-17-7-3-4-8-19(17)30-22/h1-11H,12H2,(H,24,28)(H,26,27). The summed E-state index contributed by atoms with van der Waals surface area (Å²) in [5.74, 6) is -0.997. The molecule has 0 aliphatic heterocycles. The van der Waals surface area contributed by atoms with E-state index in [1.54, 1.807) is 54.6 Å². The monoisotopic (exact) mass is 422 g/mol. The fourth-order valence-electron chi connectivity index (χ4n) is 2.87. The van der Waals surface area contributed by atoms with E-state index in [2.05, 4.69) is 10.3 Å². The van der Waals surface area contributed by atoms with Gasteiger partial charge in [-0.3, -0.25) is 4.79 Å². The van der Waals surface area contributed by atoms with E-state index >= 15 is 0 Å². The van der Waals surface area contributed by atoms with Crippen LogP contribution >= 0.6 is 11.6 Å². The molecule has 30 heavy (non-hydrogen) atoms. The van der Waals surface area contributed by atoms with Gasteiger partial charge in [0.05, 0.1) is 16.1 Å². The SMILES string of the molecule is O=C(O)COc1ccc(NC(=O)c2ccccc2Cl)cc1-c1nc2ccccc2o1. The van der Waals surface area contributed by atoms with Crippen LogP contribution in [0.25, 0.3) is 22.6 Å². The van der Waals surface area contributed by atoms with Gasteiger partial charge in [-0.15, -0.1) is 0 Å². The Morgan fingerprint density at radius 2 is 1.83 bits per heavy atom. The number of hydrogen-bond donors (Lipinski definition) is 2. The lowest BCUT2D eigenvalue weighted by atomic mass is 10.1. The highest BCUT2D eigenvalue weighted by Crippen LogP contribution is 2.34. The van der Waals surface area contributed by atoms with E-state index in [4.69, 9.17) is 25.9 Å². The van der Waals surface area contributed by atoms with Crippen molar-refractivity contribution < 1.29 is 23.8 Å². The molecule has 0 aliphatic carbocycles. The largest absolute Gasteiger partial charge is 0.481 e. The first kappa shape index (κ1) is 19.5. The Morgan fingerprint density at radius 3 is 2.60 bits per heavy atom. The number of carboxylic acids is 1. The van der Waals surface area contributed by atoms with E-state index in [0.29, 0.717) is 32.9 Å². The van der Waals surface area contributed by atoms with Crippen molar-refractivity contribution in [2.24, 2.45) is 0 Å². The van der Waals surface area contributed by atoms with E-state index in [9.17, 15) is 9.59 Å². The van der Waals surface area contributed by atoms with Crippen molar-refractivity contribution in [3.05, 3.63) is 77.3 Å². The second kappa shape index (κ2) is 8.26. The van der Waals surface area contributed by atoms with Gasteiger partial charge in [-0.25, -0.2) is 9.78 Å². The number of ether oxygens (including phenoxy) is 1. The molecule has 4 aromatic rings. The predicted octanol–water partition coefficient (Wildman–Crippen LogP) is 4.86. The van der Waals surface area contributed by atoms with Gasteiger partial charge in [-0.05, 0) is 42.5 Å². The van der Waals surface area contributed by atoms with Gasteiger partial charge in [0.25, 0.3) is 5.91 Å². The lowest BCUT2D eigenvalue weighted by Gasteiger charge is -2.11. The van der Waals surface area contributed by atoms with Crippen LogP contribution < -0.4 is 10.1 Å². The van der Waals surface area contributed by atoms with Gasteiger partial charge in [-0.2, -0.15) is 0 Å². The molecule has 0 unspecified atom stereocenters. The second-order valence-electron chi connectivity index (χ2n) is 6.31. The molecule has 0 atom stereocenters. The minimum atomic E-state index is -1.12. The van der Waals surface area contributed by atoms with Crippen LogP contribution in [-0.2, 0) is 4.79 Å². The zero-order valence-corrected chi connectivity index (χ0v) is 16.2. The number of nitrogens with zero attached hydrogens (tertiary/aromatic N) is 1. The highest BCUT2D eigenvalue weighted by Gasteiger charge is 2.17. The van der Waals surface area contributed by atoms with Crippen LogP contribution in [0.4, 0.5) is 5.69 Å². The maximum Gasteiger partial charge on any atom is 0.341 e. The fraction of sp³-hybridized carbons (Fsp3) is 0.0455. The summed E-state index contributed by atoms with van der Waals surface area (Å²) in [5, 5.41) is 12.0. The van der Waals surface area contributed by atoms with Crippen LogP contribution in [0, 0.1) is 0 Å². The smallest absolute Gasteiger partial charge is 0.341 e. The van der Waals surface area contributed by atoms with Crippen molar-refractivity contribution in [2.75, 3.05) is 11.9 Å². The van der Waals surface area contributed by atoms with Crippen molar-refractivity contribution in [1.82, 2.24) is 4.98 Å². The molecular formula is C22H15ClN2O5. The highest BCUT2D eigenvalue weighted by molar-refractivity contribution is 6.34. The Bertz CT molecular complexity index is 1220. The second-order valence-corrected chi connectivity index (χ2v) is 6.72. The first-order valence-corrected chi connectivity index (χ1v) is 9.29. The molecule has 0 saturated carbocycles. The number of hydrogen-bond acceptors (Lipinski definition) is 5. The summed E-state index contributed by atoms with van der Waals surface area (Å²) in [6.45, 7) is -0.529. The maximum atomic E-state index is 12.6. The molecule has 0 fully saturated rings. The van der Waals surface area contributed by atoms with Gasteiger partial charge in [0.1, 0.15) is 11.3 Å². The molecule has 0 bridgehead atoms. The van der Waals surface area contributed by atoms with Gasteiger partial charge in [0.2, 0.25) is 5.89 Å². The number of oxazole rings is 1. The first-order chi connectivity index (χ1) is 14.5. The van der Waals surface area contributed by atoms with Gasteiger partial charge in [0, 0.05) is 5.69 Å². The highest BCUT2D eigenvalue weighted by atomic mass is 35.5. The molecule has 1 aromatic heterocycles. The number of nitrogens with one attached hydrogen (secondary N) is 1. The van der Waals surface area contributed by atoms with Crippen molar-refractivity contribution in [3.8, 4) is 17.2 Å². The Hall–Kier alpha value is -3.84. The van der Waals surface area contributed by atoms with Crippen molar-refractivity contribution in [1.29, 1.82) is 0 Å². The summed E-state index contributed by atoms with van der Waals surface area (Å²) in [6, 6.07) is 18.7. The molecule has 7 nitrogen and oxygen atoms in total. The number of aromatic nitrogens is 1. The summed E-state index contributed by atoms with van der Waals surface area (Å²) >= 11 is 6.09. The third-order valence-electron chi connectivity index (χ3n) is 4.23. The van der Waals surface area contributed by atoms with Crippen LogP contribution in [0.3, 0.4) is 0 Å². The molecule has 4 rings (SSSR count). The van der Waals surface area contributed by atoms with Crippen LogP contribution in [0.2, 0.25) is 5.02 Å². The summed E-state index contributed by atoms with van der Waals surface area (Å²) in [6.07, 6.45) is 0. The third-order valence-corrected chi connectivity index (χ3v) is 4.56. The lowest BCUT2D eigenvalue weighted by Crippen LogP contribution is -2.13. The van der Waals surface area contributed by atoms with E-state index < -0.39 is 12.6 Å². The Balaban J connectivity index is 1.71. The quantitative estimate of drug-likeness (QED) is 0.460. The zero-order chi connectivity index (χ0) is 21.1. The molecule has 0 radical (unpaired) electrons. The molecule has 1 heterocycles. The van der Waals surface area contributed by atoms with E-state index in [1.807, 2.05) is 12.1 Å². The van der Waals surface area contributed by atoms with Gasteiger partial charge in [0.15, 0.2) is 12.2 Å². The molecule has 0 aliphatic rings. The Labute approximate surface area is 175 Å². The van der Waals surface area contributed by atoms with Crippen LogP contribution in [0.5, 0.6) is 5.75 Å². The summed E-state index contributed by atoms with van der Waals surface area (Å²) in [7, 11) is 0. The van der Waals surface area contributed by atoms with Gasteiger partial charge < -0.3 is 19.6 Å². The third kappa shape index (κ3) is 4.11. The number of amides is 1. The molecule has 1 amide bonds. The molecule has 150 valence electrons. The molecule has 0 saturated heterocycles. The van der Waals surface area contributed by atoms with Crippen LogP contribution in [-0.4, -0.2) is 28.6 Å². The predicted molar refractivity (Wildman–Crippen MR) is 112 cm³/mol. The first-order valence-electron chi connectivity index (χ1n) is 8.92. The van der Waals surface area contributed by atoms with Crippen molar-refractivity contribution in [2.45, 2.75) is 0 Å². The number of rotatable bonds is 6. The lowest BCUT2D eigenvalue weighted by molar-refractivity contribution is -0.139. The van der Waals surface area contributed by atoms with E-state index in [1.165, 1.54) is 0 Å². The minimum Gasteiger partial charge on any atom is -0.481 e. The van der Waals surface area contributed by atoms with E-state index in [-0.39, 0.29) is 17.5 Å². The Kier molecular flexibility index (Phi) is 5.36. The summed E-state index contributed by atoms with van der Waals surface area (Å²) in [4.78, 5) is 27.9.